The molecule has 0 spiro atoms. The summed E-state index contributed by atoms with van der Waals surface area (Å²) >= 11 is 0. The highest BCUT2D eigenvalue weighted by molar-refractivity contribution is 5.94. The smallest absolute Gasteiger partial charge is 0.159 e. The summed E-state index contributed by atoms with van der Waals surface area (Å²) in [4.78, 5) is 21.4. The largest absolute Gasteiger partial charge is 0.368 e. The lowest BCUT2D eigenvalue weighted by molar-refractivity contribution is 0.101. The highest BCUT2D eigenvalue weighted by Crippen LogP contribution is 2.36. The predicted octanol–water partition coefficient (Wildman–Crippen LogP) is 3.67. The van der Waals surface area contributed by atoms with Crippen LogP contribution in [0.1, 0.15) is 47.3 Å². The van der Waals surface area contributed by atoms with Gasteiger partial charge in [0.15, 0.2) is 5.78 Å². The number of aromatic nitrogens is 2. The molecule has 7 nitrogen and oxygen atoms in total. The molecule has 5 rings (SSSR count). The van der Waals surface area contributed by atoms with Crippen LogP contribution in [0.2, 0.25) is 0 Å². The molecule has 2 fully saturated rings. The molecule has 1 aliphatic heterocycles. The van der Waals surface area contributed by atoms with Crippen molar-refractivity contribution in [1.29, 1.82) is 5.26 Å². The second kappa shape index (κ2) is 8.53. The molecular formula is C26H30N6O. The van der Waals surface area contributed by atoms with Gasteiger partial charge in [0.05, 0.1) is 5.56 Å². The number of carbonyl (C=O) groups excluding carboxylic acids is 1. The molecule has 2 aromatic heterocycles. The first-order valence-corrected chi connectivity index (χ1v) is 11.7. The van der Waals surface area contributed by atoms with E-state index >= 15 is 0 Å². The summed E-state index contributed by atoms with van der Waals surface area (Å²) in [6.45, 7) is 7.24. The van der Waals surface area contributed by atoms with E-state index < -0.39 is 0 Å². The molecule has 1 N–H and O–H groups in total. The third-order valence-electron chi connectivity index (χ3n) is 7.25. The number of hydrogen-bond donors (Lipinski definition) is 1. The molecule has 1 saturated heterocycles. The number of pyridine rings is 1. The first-order valence-electron chi connectivity index (χ1n) is 11.7. The van der Waals surface area contributed by atoms with Gasteiger partial charge in [-0.2, -0.15) is 5.26 Å². The topological polar surface area (TPSA) is 77.2 Å². The average Bonchev–Trinajstić information content (AvgIpc) is 3.16. The van der Waals surface area contributed by atoms with Crippen molar-refractivity contribution in [3.8, 4) is 6.07 Å². The highest BCUT2D eigenvalue weighted by atomic mass is 16.1. The van der Waals surface area contributed by atoms with Crippen molar-refractivity contribution in [2.45, 2.75) is 38.8 Å². The predicted molar refractivity (Wildman–Crippen MR) is 131 cm³/mol. The molecule has 2 aliphatic rings. The second-order valence-corrected chi connectivity index (χ2v) is 9.24. The molecule has 3 heterocycles. The summed E-state index contributed by atoms with van der Waals surface area (Å²) in [5.74, 6) is 1.07. The van der Waals surface area contributed by atoms with E-state index in [0.29, 0.717) is 17.6 Å². The number of rotatable bonds is 5. The van der Waals surface area contributed by atoms with Gasteiger partial charge in [0.1, 0.15) is 17.5 Å². The van der Waals surface area contributed by atoms with Crippen molar-refractivity contribution >= 4 is 28.3 Å². The number of nitrogens with zero attached hydrogens (tertiary/aromatic N) is 5. The highest BCUT2D eigenvalue weighted by Gasteiger charge is 2.31. The summed E-state index contributed by atoms with van der Waals surface area (Å²) in [5, 5.41) is 13.9. The van der Waals surface area contributed by atoms with Gasteiger partial charge < -0.3 is 19.7 Å². The number of ketones is 1. The minimum absolute atomic E-state index is 0.101. The van der Waals surface area contributed by atoms with E-state index in [1.54, 1.807) is 6.92 Å². The zero-order chi connectivity index (χ0) is 23.1. The fraction of sp³-hybridized carbons (Fsp3) is 0.423. The van der Waals surface area contributed by atoms with E-state index in [9.17, 15) is 10.1 Å². The molecule has 1 saturated carbocycles. The third-order valence-corrected chi connectivity index (χ3v) is 7.25. The Morgan fingerprint density at radius 3 is 2.48 bits per heavy atom. The Kier molecular flexibility index (Phi) is 5.55. The third kappa shape index (κ3) is 3.85. The molecular weight excluding hydrogens is 412 g/mol. The lowest BCUT2D eigenvalue weighted by Gasteiger charge is -2.38. The van der Waals surface area contributed by atoms with Crippen molar-refractivity contribution in [3.63, 3.8) is 0 Å². The fourth-order valence-corrected chi connectivity index (χ4v) is 5.12. The van der Waals surface area contributed by atoms with Crippen molar-refractivity contribution in [3.05, 3.63) is 53.2 Å². The Hall–Kier alpha value is -3.37. The summed E-state index contributed by atoms with van der Waals surface area (Å²) in [6, 6.07) is 13.4. The molecule has 3 aromatic rings. The maximum absolute atomic E-state index is 11.7. The van der Waals surface area contributed by atoms with Crippen LogP contribution in [0, 0.1) is 18.3 Å². The lowest BCUT2D eigenvalue weighted by Crippen LogP contribution is -2.47. The van der Waals surface area contributed by atoms with E-state index in [4.69, 9.17) is 4.98 Å². The normalized spacial score (nSPS) is 20.5. The zero-order valence-electron chi connectivity index (χ0n) is 19.5. The molecule has 0 unspecified atom stereocenters. The Bertz CT molecular complexity index is 1240. The van der Waals surface area contributed by atoms with Crippen LogP contribution in [0.25, 0.3) is 11.0 Å². The van der Waals surface area contributed by atoms with E-state index in [0.717, 1.165) is 67.0 Å². The number of piperazine rings is 1. The van der Waals surface area contributed by atoms with Crippen LogP contribution in [0.5, 0.6) is 0 Å². The van der Waals surface area contributed by atoms with Crippen molar-refractivity contribution in [2.24, 2.45) is 0 Å². The van der Waals surface area contributed by atoms with Crippen molar-refractivity contribution < 1.29 is 4.79 Å². The van der Waals surface area contributed by atoms with Crippen LogP contribution >= 0.6 is 0 Å². The zero-order valence-corrected chi connectivity index (χ0v) is 19.5. The Balaban J connectivity index is 1.35. The number of hydrogen-bond acceptors (Lipinski definition) is 6. The molecule has 0 amide bonds. The minimum atomic E-state index is 0.101. The van der Waals surface area contributed by atoms with Crippen LogP contribution in [0.3, 0.4) is 0 Å². The van der Waals surface area contributed by atoms with Gasteiger partial charge in [0.2, 0.25) is 0 Å². The summed E-state index contributed by atoms with van der Waals surface area (Å²) in [6.07, 6.45) is 4.11. The standard InChI is InChI=1S/C26H30N6O/c1-17-12-19(18(2)33)4-6-24(17)30-8-10-31(11-9-30)25-7-5-23-20(15-27)16-32(26(23)29-25)22-13-21(14-22)28-3/h4-7,12,16,21-22,28H,8-11,13-14H2,1-3H3/t21-,22-. The maximum atomic E-state index is 11.7. The Morgan fingerprint density at radius 2 is 1.85 bits per heavy atom. The van der Waals surface area contributed by atoms with Gasteiger partial charge in [-0.3, -0.25) is 4.79 Å². The number of benzene rings is 1. The number of Topliss-reactive ketones (excluding diaryl/α,β-unsaturated/α-hetero) is 1. The maximum Gasteiger partial charge on any atom is 0.159 e. The minimum Gasteiger partial charge on any atom is -0.368 e. The van der Waals surface area contributed by atoms with Gasteiger partial charge >= 0.3 is 0 Å². The van der Waals surface area contributed by atoms with E-state index in [-0.39, 0.29) is 5.78 Å². The van der Waals surface area contributed by atoms with Crippen LogP contribution < -0.4 is 15.1 Å². The summed E-state index contributed by atoms with van der Waals surface area (Å²) < 4.78 is 2.21. The Labute approximate surface area is 194 Å². The number of fused-ring (bicyclic) bond motifs is 1. The molecule has 33 heavy (non-hydrogen) atoms. The quantitative estimate of drug-likeness (QED) is 0.608. The number of anilines is 2. The summed E-state index contributed by atoms with van der Waals surface area (Å²) in [7, 11) is 2.00. The van der Waals surface area contributed by atoms with Gasteiger partial charge in [-0.1, -0.05) is 0 Å². The number of nitrogens with one attached hydrogen (secondary N) is 1. The molecule has 1 aliphatic carbocycles. The van der Waals surface area contributed by atoms with Crippen molar-refractivity contribution in [1.82, 2.24) is 14.9 Å². The Morgan fingerprint density at radius 1 is 1.12 bits per heavy atom. The van der Waals surface area contributed by atoms with Crippen LogP contribution in [-0.4, -0.2) is 54.6 Å². The average molecular weight is 443 g/mol. The van der Waals surface area contributed by atoms with Gasteiger partial charge in [-0.15, -0.1) is 0 Å². The second-order valence-electron chi connectivity index (χ2n) is 9.24. The molecule has 7 heteroatoms. The molecule has 0 radical (unpaired) electrons. The molecule has 1 aromatic carbocycles. The number of nitriles is 1. The first-order chi connectivity index (χ1) is 16.0. The van der Waals surface area contributed by atoms with Gasteiger partial charge in [-0.25, -0.2) is 4.98 Å². The molecule has 170 valence electrons. The van der Waals surface area contributed by atoms with E-state index in [1.165, 1.54) is 5.69 Å². The molecule has 0 atom stereocenters. The van der Waals surface area contributed by atoms with Gasteiger partial charge in [-0.05, 0) is 69.6 Å². The lowest BCUT2D eigenvalue weighted by atomic mass is 9.87. The van der Waals surface area contributed by atoms with Crippen LogP contribution in [0.15, 0.2) is 36.5 Å². The van der Waals surface area contributed by atoms with Crippen LogP contribution in [0.4, 0.5) is 11.5 Å². The number of aryl methyl sites for hydroxylation is 1. The van der Waals surface area contributed by atoms with Crippen LogP contribution in [-0.2, 0) is 0 Å². The van der Waals surface area contributed by atoms with Gasteiger partial charge in [0.25, 0.3) is 0 Å². The SMILES string of the molecule is CN[C@H]1C[C@H](n2cc(C#N)c3ccc(N4CCN(c5ccc(C(C)=O)cc5C)CC4)nc32)C1. The van der Waals surface area contributed by atoms with E-state index in [2.05, 4.69) is 44.8 Å². The number of carbonyl (C=O) groups is 1. The first kappa shape index (κ1) is 21.5. The van der Waals surface area contributed by atoms with E-state index in [1.807, 2.05) is 31.4 Å². The molecule has 0 bridgehead atoms. The monoisotopic (exact) mass is 442 g/mol. The van der Waals surface area contributed by atoms with Gasteiger partial charge in [0, 0.05) is 61.1 Å². The fourth-order valence-electron chi connectivity index (χ4n) is 5.12. The summed E-state index contributed by atoms with van der Waals surface area (Å²) in [5.41, 5.74) is 4.71. The van der Waals surface area contributed by atoms with Crippen molar-refractivity contribution in [2.75, 3.05) is 43.0 Å².